The number of hydrogen-bond donors (Lipinski definition) is 2. The van der Waals surface area contributed by atoms with E-state index in [9.17, 15) is 9.59 Å². The van der Waals surface area contributed by atoms with Crippen molar-refractivity contribution in [2.24, 2.45) is 0 Å². The summed E-state index contributed by atoms with van der Waals surface area (Å²) in [7, 11) is 0. The van der Waals surface area contributed by atoms with Gasteiger partial charge in [-0.25, -0.2) is 4.79 Å². The number of ether oxygens (including phenoxy) is 1. The first kappa shape index (κ1) is 12.1. The summed E-state index contributed by atoms with van der Waals surface area (Å²) < 4.78 is 4.90. The van der Waals surface area contributed by atoms with Crippen LogP contribution < -0.4 is 5.32 Å². The summed E-state index contributed by atoms with van der Waals surface area (Å²) in [5.74, 6) is -1.43. The van der Waals surface area contributed by atoms with Crippen LogP contribution in [0.1, 0.15) is 17.3 Å². The lowest BCUT2D eigenvalue weighted by Crippen LogP contribution is -2.18. The molecule has 0 aliphatic rings. The Kier molecular flexibility index (Phi) is 4.41. The number of anilines is 1. The summed E-state index contributed by atoms with van der Waals surface area (Å²) in [6, 6.07) is 1.33. The highest BCUT2D eigenvalue weighted by Crippen LogP contribution is 2.08. The fourth-order valence-corrected chi connectivity index (χ4v) is 1.02. The molecule has 0 aliphatic heterocycles. The zero-order valence-corrected chi connectivity index (χ0v) is 8.77. The number of nitrogens with zero attached hydrogens (tertiary/aromatic N) is 1. The summed E-state index contributed by atoms with van der Waals surface area (Å²) in [5, 5.41) is 11.2. The molecule has 0 spiro atoms. The highest BCUT2D eigenvalue weighted by molar-refractivity contribution is 5.94. The van der Waals surface area contributed by atoms with E-state index in [0.717, 1.165) is 0 Å². The molecule has 16 heavy (non-hydrogen) atoms. The molecule has 0 bridgehead atoms. The summed E-state index contributed by atoms with van der Waals surface area (Å²) in [6.45, 7) is 2.16. The van der Waals surface area contributed by atoms with E-state index in [0.29, 0.717) is 12.3 Å². The number of nitrogens with one attached hydrogen (secondary N) is 1. The van der Waals surface area contributed by atoms with E-state index in [4.69, 9.17) is 9.84 Å². The first-order valence-electron chi connectivity index (χ1n) is 4.69. The predicted octanol–water partition coefficient (Wildman–Crippen LogP) is 0.755. The minimum Gasteiger partial charge on any atom is -0.478 e. The first-order valence-corrected chi connectivity index (χ1v) is 4.69. The van der Waals surface area contributed by atoms with Crippen LogP contribution in [-0.2, 0) is 9.53 Å². The standard InChI is InChI=1S/C10H12N2O4/c1-2-16-6-9(13)12-8-3-7(10(14)15)4-11-5-8/h3-5H,2,6H2,1H3,(H,12,13)(H,14,15). The monoisotopic (exact) mass is 224 g/mol. The fraction of sp³-hybridized carbons (Fsp3) is 0.300. The van der Waals surface area contributed by atoms with E-state index in [-0.39, 0.29) is 18.1 Å². The van der Waals surface area contributed by atoms with Gasteiger partial charge in [-0.1, -0.05) is 0 Å². The Labute approximate surface area is 92.3 Å². The van der Waals surface area contributed by atoms with Gasteiger partial charge in [0, 0.05) is 12.8 Å². The maximum absolute atomic E-state index is 11.2. The number of pyridine rings is 1. The molecule has 0 saturated heterocycles. The zero-order chi connectivity index (χ0) is 12.0. The Morgan fingerprint density at radius 2 is 2.25 bits per heavy atom. The lowest BCUT2D eigenvalue weighted by molar-refractivity contribution is -0.120. The third-order valence-electron chi connectivity index (χ3n) is 1.71. The lowest BCUT2D eigenvalue weighted by Gasteiger charge is -2.05. The van der Waals surface area contributed by atoms with Crippen molar-refractivity contribution in [2.75, 3.05) is 18.5 Å². The molecule has 0 fully saturated rings. The maximum atomic E-state index is 11.2. The van der Waals surface area contributed by atoms with Gasteiger partial charge in [-0.15, -0.1) is 0 Å². The number of carbonyl (C=O) groups is 2. The summed E-state index contributed by atoms with van der Waals surface area (Å²) >= 11 is 0. The molecule has 86 valence electrons. The molecule has 0 saturated carbocycles. The highest BCUT2D eigenvalue weighted by Gasteiger charge is 2.06. The van der Waals surface area contributed by atoms with Gasteiger partial charge in [0.25, 0.3) is 0 Å². The van der Waals surface area contributed by atoms with Gasteiger partial charge < -0.3 is 15.2 Å². The lowest BCUT2D eigenvalue weighted by atomic mass is 10.2. The second-order valence-electron chi connectivity index (χ2n) is 2.95. The van der Waals surface area contributed by atoms with Crippen LogP contribution in [0.4, 0.5) is 5.69 Å². The van der Waals surface area contributed by atoms with Crippen LogP contribution in [-0.4, -0.2) is 35.2 Å². The third kappa shape index (κ3) is 3.66. The summed E-state index contributed by atoms with van der Waals surface area (Å²) in [6.07, 6.45) is 2.58. The Bertz CT molecular complexity index is 392. The fourth-order valence-electron chi connectivity index (χ4n) is 1.02. The van der Waals surface area contributed by atoms with Crippen molar-refractivity contribution >= 4 is 17.6 Å². The number of rotatable bonds is 5. The Morgan fingerprint density at radius 1 is 1.50 bits per heavy atom. The molecule has 1 aromatic rings. The number of carboxylic acids is 1. The molecule has 0 aromatic carbocycles. The summed E-state index contributed by atoms with van der Waals surface area (Å²) in [5.41, 5.74) is 0.360. The zero-order valence-electron chi connectivity index (χ0n) is 8.77. The molecule has 6 heteroatoms. The molecule has 0 atom stereocenters. The number of aromatic carboxylic acids is 1. The van der Waals surface area contributed by atoms with E-state index < -0.39 is 5.97 Å². The molecule has 0 radical (unpaired) electrons. The molecule has 2 N–H and O–H groups in total. The van der Waals surface area contributed by atoms with E-state index >= 15 is 0 Å². The van der Waals surface area contributed by atoms with Crippen molar-refractivity contribution in [2.45, 2.75) is 6.92 Å². The first-order chi connectivity index (χ1) is 7.63. The van der Waals surface area contributed by atoms with Gasteiger partial charge in [-0.05, 0) is 13.0 Å². The quantitative estimate of drug-likeness (QED) is 0.770. The van der Waals surface area contributed by atoms with Gasteiger partial charge in [0.05, 0.1) is 17.4 Å². The minimum absolute atomic E-state index is 0.0224. The smallest absolute Gasteiger partial charge is 0.337 e. The molecule has 0 aliphatic carbocycles. The number of carbonyl (C=O) groups excluding carboxylic acids is 1. The molecule has 6 nitrogen and oxygen atoms in total. The van der Waals surface area contributed by atoms with Crippen LogP contribution in [0.2, 0.25) is 0 Å². The summed E-state index contributed by atoms with van der Waals surface area (Å²) in [4.78, 5) is 25.6. The van der Waals surface area contributed by atoms with E-state index in [1.165, 1.54) is 18.5 Å². The molecule has 1 heterocycles. The normalized spacial score (nSPS) is 9.81. The average Bonchev–Trinajstić information content (AvgIpc) is 2.26. The van der Waals surface area contributed by atoms with E-state index in [1.807, 2.05) is 0 Å². The Morgan fingerprint density at radius 3 is 2.88 bits per heavy atom. The third-order valence-corrected chi connectivity index (χ3v) is 1.71. The number of hydrogen-bond acceptors (Lipinski definition) is 4. The number of carboxylic acid groups (broad SMARTS) is 1. The number of amides is 1. The second kappa shape index (κ2) is 5.82. The van der Waals surface area contributed by atoms with Crippen LogP contribution >= 0.6 is 0 Å². The molecular formula is C10H12N2O4. The minimum atomic E-state index is -1.09. The second-order valence-corrected chi connectivity index (χ2v) is 2.95. The van der Waals surface area contributed by atoms with Crippen LogP contribution in [0.3, 0.4) is 0 Å². The molecule has 1 rings (SSSR count). The van der Waals surface area contributed by atoms with Gasteiger partial charge in [0.1, 0.15) is 6.61 Å². The van der Waals surface area contributed by atoms with Crippen molar-refractivity contribution in [3.05, 3.63) is 24.0 Å². The van der Waals surface area contributed by atoms with Crippen LogP contribution in [0.5, 0.6) is 0 Å². The Balaban J connectivity index is 2.63. The maximum Gasteiger partial charge on any atom is 0.337 e. The van der Waals surface area contributed by atoms with Crippen LogP contribution in [0.25, 0.3) is 0 Å². The average molecular weight is 224 g/mol. The molecular weight excluding hydrogens is 212 g/mol. The topological polar surface area (TPSA) is 88.5 Å². The van der Waals surface area contributed by atoms with Crippen LogP contribution in [0, 0.1) is 0 Å². The Hall–Kier alpha value is -1.95. The molecule has 1 aromatic heterocycles. The predicted molar refractivity (Wildman–Crippen MR) is 56.3 cm³/mol. The molecule has 1 amide bonds. The van der Waals surface area contributed by atoms with Crippen LogP contribution in [0.15, 0.2) is 18.5 Å². The van der Waals surface area contributed by atoms with Crippen molar-refractivity contribution in [3.8, 4) is 0 Å². The van der Waals surface area contributed by atoms with Gasteiger partial charge >= 0.3 is 5.97 Å². The highest BCUT2D eigenvalue weighted by atomic mass is 16.5. The number of aromatic nitrogens is 1. The van der Waals surface area contributed by atoms with Gasteiger partial charge in [0.15, 0.2) is 0 Å². The van der Waals surface area contributed by atoms with E-state index in [2.05, 4.69) is 10.3 Å². The molecule has 0 unspecified atom stereocenters. The van der Waals surface area contributed by atoms with Crippen molar-refractivity contribution < 1.29 is 19.4 Å². The largest absolute Gasteiger partial charge is 0.478 e. The SMILES string of the molecule is CCOCC(=O)Nc1cncc(C(=O)O)c1. The van der Waals surface area contributed by atoms with E-state index in [1.54, 1.807) is 6.92 Å². The van der Waals surface area contributed by atoms with Gasteiger partial charge in [-0.3, -0.25) is 9.78 Å². The van der Waals surface area contributed by atoms with Gasteiger partial charge in [-0.2, -0.15) is 0 Å². The van der Waals surface area contributed by atoms with Gasteiger partial charge in [0.2, 0.25) is 5.91 Å². The van der Waals surface area contributed by atoms with Crippen molar-refractivity contribution in [3.63, 3.8) is 0 Å². The van der Waals surface area contributed by atoms with Crippen molar-refractivity contribution in [1.82, 2.24) is 4.98 Å². The van der Waals surface area contributed by atoms with Crippen molar-refractivity contribution in [1.29, 1.82) is 0 Å².